The van der Waals surface area contributed by atoms with Crippen molar-refractivity contribution in [3.63, 3.8) is 0 Å². The molecule has 2 aromatic carbocycles. The molecule has 1 atom stereocenters. The number of nitro groups is 1. The molecule has 0 radical (unpaired) electrons. The highest BCUT2D eigenvalue weighted by Crippen LogP contribution is 2.33. The third-order valence-electron chi connectivity index (χ3n) is 5.37. The van der Waals surface area contributed by atoms with Crippen molar-refractivity contribution in [1.29, 1.82) is 0 Å². The second-order valence-corrected chi connectivity index (χ2v) is 8.92. The van der Waals surface area contributed by atoms with Crippen LogP contribution in [-0.4, -0.2) is 30.3 Å². The molecule has 160 valence electrons. The van der Waals surface area contributed by atoms with E-state index in [1.54, 1.807) is 12.3 Å². The summed E-state index contributed by atoms with van der Waals surface area (Å²) in [4.78, 5) is 32.4. The maximum Gasteiger partial charge on any atom is 0.269 e. The zero-order valence-electron chi connectivity index (χ0n) is 16.6. The number of aromatic nitrogens is 4. The molecule has 0 amide bonds. The first-order valence-corrected chi connectivity index (χ1v) is 11.2. The van der Waals surface area contributed by atoms with Gasteiger partial charge in [-0.1, -0.05) is 47.6 Å². The number of benzene rings is 2. The van der Waals surface area contributed by atoms with Crippen molar-refractivity contribution < 1.29 is 9.72 Å². The molecule has 32 heavy (non-hydrogen) atoms. The zero-order valence-corrected chi connectivity index (χ0v) is 18.2. The lowest BCUT2D eigenvalue weighted by Crippen LogP contribution is -2.21. The second kappa shape index (κ2) is 8.33. The Hall–Kier alpha value is -3.30. The molecular formula is C22H16ClN5O3S. The summed E-state index contributed by atoms with van der Waals surface area (Å²) in [7, 11) is 0. The van der Waals surface area contributed by atoms with E-state index in [-0.39, 0.29) is 17.4 Å². The smallest absolute Gasteiger partial charge is 0.269 e. The molecule has 0 bridgehead atoms. The summed E-state index contributed by atoms with van der Waals surface area (Å²) >= 11 is 7.48. The average Bonchev–Trinajstić information content (AvgIpc) is 3.18. The van der Waals surface area contributed by atoms with Crippen LogP contribution in [0.1, 0.15) is 39.5 Å². The van der Waals surface area contributed by atoms with Gasteiger partial charge in [-0.25, -0.2) is 9.50 Å². The summed E-state index contributed by atoms with van der Waals surface area (Å²) in [6.45, 7) is 0. The van der Waals surface area contributed by atoms with Gasteiger partial charge < -0.3 is 0 Å². The van der Waals surface area contributed by atoms with E-state index in [2.05, 4.69) is 15.1 Å². The minimum atomic E-state index is -0.417. The lowest BCUT2D eigenvalue weighted by molar-refractivity contribution is -0.384. The Kier molecular flexibility index (Phi) is 5.36. The van der Waals surface area contributed by atoms with Gasteiger partial charge in [-0.05, 0) is 35.6 Å². The molecule has 0 N–H and O–H groups in total. The Labute approximate surface area is 191 Å². The molecule has 2 aromatic heterocycles. The zero-order chi connectivity index (χ0) is 22.2. The van der Waals surface area contributed by atoms with Crippen molar-refractivity contribution in [3.8, 4) is 0 Å². The Morgan fingerprint density at radius 1 is 1.16 bits per heavy atom. The molecule has 10 heteroatoms. The molecule has 0 saturated heterocycles. The van der Waals surface area contributed by atoms with Crippen molar-refractivity contribution in [2.75, 3.05) is 0 Å². The number of fused-ring (bicyclic) bond motifs is 2. The largest absolute Gasteiger partial charge is 0.294 e. The minimum absolute atomic E-state index is 0.0203. The van der Waals surface area contributed by atoms with E-state index in [0.29, 0.717) is 45.8 Å². The lowest BCUT2D eigenvalue weighted by atomic mass is 9.82. The van der Waals surface area contributed by atoms with Crippen LogP contribution in [0.25, 0.3) is 5.78 Å². The highest BCUT2D eigenvalue weighted by atomic mass is 35.5. The summed E-state index contributed by atoms with van der Waals surface area (Å²) in [6, 6.07) is 14.0. The minimum Gasteiger partial charge on any atom is -0.294 e. The highest BCUT2D eigenvalue weighted by molar-refractivity contribution is 7.98. The first-order valence-electron chi connectivity index (χ1n) is 9.87. The van der Waals surface area contributed by atoms with E-state index >= 15 is 0 Å². The molecule has 5 rings (SSSR count). The van der Waals surface area contributed by atoms with Crippen LogP contribution in [0.3, 0.4) is 0 Å². The number of nitrogens with zero attached hydrogens (tertiary/aromatic N) is 5. The average molecular weight is 466 g/mol. The Bertz CT molecular complexity index is 1370. The molecule has 0 saturated carbocycles. The van der Waals surface area contributed by atoms with Gasteiger partial charge >= 0.3 is 0 Å². The number of nitro benzene ring substituents is 1. The van der Waals surface area contributed by atoms with Crippen molar-refractivity contribution in [2.45, 2.75) is 29.7 Å². The summed E-state index contributed by atoms with van der Waals surface area (Å²) in [5.41, 5.74) is 3.15. The number of non-ortho nitro benzene ring substituents is 1. The monoisotopic (exact) mass is 465 g/mol. The Morgan fingerprint density at radius 2 is 2.00 bits per heavy atom. The molecule has 8 nitrogen and oxygen atoms in total. The summed E-state index contributed by atoms with van der Waals surface area (Å²) < 4.78 is 1.52. The van der Waals surface area contributed by atoms with Crippen LogP contribution in [0.5, 0.6) is 0 Å². The van der Waals surface area contributed by atoms with E-state index in [9.17, 15) is 14.9 Å². The van der Waals surface area contributed by atoms with Crippen molar-refractivity contribution in [3.05, 3.63) is 92.2 Å². The van der Waals surface area contributed by atoms with Gasteiger partial charge in [-0.3, -0.25) is 14.9 Å². The number of rotatable bonds is 5. The van der Waals surface area contributed by atoms with Gasteiger partial charge in [-0.15, -0.1) is 5.10 Å². The predicted octanol–water partition coefficient (Wildman–Crippen LogP) is 4.89. The second-order valence-electron chi connectivity index (χ2n) is 7.54. The molecule has 1 aliphatic rings. The van der Waals surface area contributed by atoms with E-state index in [1.165, 1.54) is 28.4 Å². The SMILES string of the molecule is O=C1CC(c2cccc(Cl)c2)Cc2nc3nc(SCc4cccc([N+](=O)[O-])c4)nn3cc21. The van der Waals surface area contributed by atoms with Gasteiger partial charge in [0.15, 0.2) is 5.78 Å². The van der Waals surface area contributed by atoms with Gasteiger partial charge in [0.25, 0.3) is 11.5 Å². The van der Waals surface area contributed by atoms with Crippen LogP contribution >= 0.6 is 23.4 Å². The fraction of sp³-hybridized carbons (Fsp3) is 0.182. The van der Waals surface area contributed by atoms with Crippen LogP contribution in [0.4, 0.5) is 5.69 Å². The molecule has 0 spiro atoms. The van der Waals surface area contributed by atoms with Crippen LogP contribution in [0.2, 0.25) is 5.02 Å². The lowest BCUT2D eigenvalue weighted by Gasteiger charge is -2.23. The number of carbonyl (C=O) groups is 1. The fourth-order valence-electron chi connectivity index (χ4n) is 3.83. The standard InChI is InChI=1S/C22H16ClN5O3S/c23-16-5-2-4-14(8-16)15-9-19-18(20(29)10-15)11-27-21(24-19)25-22(26-27)32-12-13-3-1-6-17(7-13)28(30)31/h1-8,11,15H,9-10,12H2. The third-order valence-corrected chi connectivity index (χ3v) is 6.52. The summed E-state index contributed by atoms with van der Waals surface area (Å²) in [5, 5.41) is 16.5. The van der Waals surface area contributed by atoms with E-state index in [1.807, 2.05) is 30.3 Å². The molecule has 2 heterocycles. The Morgan fingerprint density at radius 3 is 2.81 bits per heavy atom. The topological polar surface area (TPSA) is 103 Å². The predicted molar refractivity (Wildman–Crippen MR) is 120 cm³/mol. The van der Waals surface area contributed by atoms with Crippen molar-refractivity contribution in [1.82, 2.24) is 19.6 Å². The Balaban J connectivity index is 1.38. The molecular weight excluding hydrogens is 450 g/mol. The maximum atomic E-state index is 12.8. The number of Topliss-reactive ketones (excluding diaryl/α,β-unsaturated/α-hetero) is 1. The third kappa shape index (κ3) is 4.09. The van der Waals surface area contributed by atoms with Gasteiger partial charge in [0.1, 0.15) is 0 Å². The number of carbonyl (C=O) groups excluding carboxylic acids is 1. The van der Waals surface area contributed by atoms with E-state index < -0.39 is 4.92 Å². The van der Waals surface area contributed by atoms with Crippen LogP contribution in [-0.2, 0) is 12.2 Å². The first kappa shape index (κ1) is 20.6. The summed E-state index contributed by atoms with van der Waals surface area (Å²) in [6.07, 6.45) is 2.71. The molecule has 1 unspecified atom stereocenters. The number of hydrogen-bond acceptors (Lipinski definition) is 7. The number of ketones is 1. The van der Waals surface area contributed by atoms with Crippen LogP contribution < -0.4 is 0 Å². The molecule has 4 aromatic rings. The van der Waals surface area contributed by atoms with Gasteiger partial charge in [0, 0.05) is 35.5 Å². The quantitative estimate of drug-likeness (QED) is 0.235. The van der Waals surface area contributed by atoms with Gasteiger partial charge in [0.2, 0.25) is 5.16 Å². The first-order chi connectivity index (χ1) is 15.5. The van der Waals surface area contributed by atoms with Crippen molar-refractivity contribution >= 4 is 40.6 Å². The van der Waals surface area contributed by atoms with E-state index in [4.69, 9.17) is 11.6 Å². The molecule has 0 aliphatic heterocycles. The van der Waals surface area contributed by atoms with Crippen molar-refractivity contribution in [2.24, 2.45) is 0 Å². The van der Waals surface area contributed by atoms with E-state index in [0.717, 1.165) is 11.1 Å². The highest BCUT2D eigenvalue weighted by Gasteiger charge is 2.28. The molecule has 1 aliphatic carbocycles. The normalized spacial score (nSPS) is 15.7. The van der Waals surface area contributed by atoms with Gasteiger partial charge in [-0.2, -0.15) is 4.98 Å². The van der Waals surface area contributed by atoms with Gasteiger partial charge in [0.05, 0.1) is 16.2 Å². The fourth-order valence-corrected chi connectivity index (χ4v) is 4.80. The summed E-state index contributed by atoms with van der Waals surface area (Å²) in [5.74, 6) is 0.944. The number of halogens is 1. The van der Waals surface area contributed by atoms with Crippen LogP contribution in [0, 0.1) is 10.1 Å². The maximum absolute atomic E-state index is 12.8. The van der Waals surface area contributed by atoms with Crippen LogP contribution in [0.15, 0.2) is 59.9 Å². The molecule has 0 fully saturated rings. The number of hydrogen-bond donors (Lipinski definition) is 0. The number of thioether (sulfide) groups is 1.